The molecule has 1 aromatic rings. The fraction of sp³-hybridized carbons (Fsp3) is 0.500. The van der Waals surface area contributed by atoms with Crippen molar-refractivity contribution in [1.29, 1.82) is 0 Å². The fourth-order valence-corrected chi connectivity index (χ4v) is 3.67. The number of hydrogen-bond donors (Lipinski definition) is 1. The van der Waals surface area contributed by atoms with Crippen LogP contribution in [0.4, 0.5) is 0 Å². The molecule has 0 radical (unpaired) electrons. The summed E-state index contributed by atoms with van der Waals surface area (Å²) in [6.07, 6.45) is 1.04. The van der Waals surface area contributed by atoms with Crippen molar-refractivity contribution in [3.63, 3.8) is 0 Å². The zero-order valence-corrected chi connectivity index (χ0v) is 13.7. The van der Waals surface area contributed by atoms with Crippen LogP contribution >= 0.6 is 35.0 Å². The van der Waals surface area contributed by atoms with Gasteiger partial charge in [-0.05, 0) is 30.7 Å². The number of amides is 1. The molecule has 1 fully saturated rings. The minimum Gasteiger partial charge on any atom is -0.341 e. The standard InChI is InChI=1S/C14H18Cl2N2OS/c1-18(12-4-5-17-7-12)14(19)9-20-8-10-2-3-11(15)6-13(10)16/h2-3,6,12,17H,4-5,7-9H2,1H3. The van der Waals surface area contributed by atoms with Crippen molar-refractivity contribution in [2.75, 3.05) is 25.9 Å². The molecule has 1 aliphatic rings. The van der Waals surface area contributed by atoms with E-state index in [-0.39, 0.29) is 5.91 Å². The highest BCUT2D eigenvalue weighted by Crippen LogP contribution is 2.24. The smallest absolute Gasteiger partial charge is 0.232 e. The number of rotatable bonds is 5. The Morgan fingerprint density at radius 3 is 2.95 bits per heavy atom. The van der Waals surface area contributed by atoms with Crippen LogP contribution in [0.25, 0.3) is 0 Å². The van der Waals surface area contributed by atoms with Crippen LogP contribution in [0.2, 0.25) is 10.0 Å². The van der Waals surface area contributed by atoms with E-state index in [9.17, 15) is 4.79 Å². The number of nitrogens with one attached hydrogen (secondary N) is 1. The number of carbonyl (C=O) groups is 1. The van der Waals surface area contributed by atoms with Crippen LogP contribution in [-0.2, 0) is 10.5 Å². The molecule has 1 unspecified atom stereocenters. The Morgan fingerprint density at radius 1 is 1.50 bits per heavy atom. The number of carbonyl (C=O) groups excluding carboxylic acids is 1. The van der Waals surface area contributed by atoms with Gasteiger partial charge in [-0.15, -0.1) is 11.8 Å². The normalized spacial score (nSPS) is 18.2. The van der Waals surface area contributed by atoms with E-state index in [1.807, 2.05) is 24.1 Å². The van der Waals surface area contributed by atoms with Gasteiger partial charge in [0.25, 0.3) is 0 Å². The minimum absolute atomic E-state index is 0.175. The number of likely N-dealkylation sites (N-methyl/N-ethyl adjacent to an activating group) is 1. The summed E-state index contributed by atoms with van der Waals surface area (Å²) in [5, 5.41) is 4.56. The highest BCUT2D eigenvalue weighted by molar-refractivity contribution is 7.99. The maximum atomic E-state index is 12.1. The van der Waals surface area contributed by atoms with Gasteiger partial charge in [-0.25, -0.2) is 0 Å². The van der Waals surface area contributed by atoms with E-state index in [1.165, 1.54) is 0 Å². The van der Waals surface area contributed by atoms with Crippen LogP contribution < -0.4 is 5.32 Å². The molecule has 1 aromatic carbocycles. The van der Waals surface area contributed by atoms with Gasteiger partial charge >= 0.3 is 0 Å². The number of halogens is 2. The summed E-state index contributed by atoms with van der Waals surface area (Å²) < 4.78 is 0. The second kappa shape index (κ2) is 7.55. The third-order valence-electron chi connectivity index (χ3n) is 3.47. The van der Waals surface area contributed by atoms with Crippen molar-refractivity contribution in [1.82, 2.24) is 10.2 Å². The van der Waals surface area contributed by atoms with Crippen molar-refractivity contribution in [3.8, 4) is 0 Å². The lowest BCUT2D eigenvalue weighted by Crippen LogP contribution is -2.39. The molecule has 1 saturated heterocycles. The number of thioether (sulfide) groups is 1. The minimum atomic E-state index is 0.175. The molecule has 110 valence electrons. The molecule has 1 atom stereocenters. The van der Waals surface area contributed by atoms with E-state index in [2.05, 4.69) is 5.32 Å². The predicted molar refractivity (Wildman–Crippen MR) is 86.7 cm³/mol. The first-order valence-corrected chi connectivity index (χ1v) is 8.47. The Balaban J connectivity index is 1.78. The molecule has 3 nitrogen and oxygen atoms in total. The lowest BCUT2D eigenvalue weighted by molar-refractivity contribution is -0.128. The number of hydrogen-bond acceptors (Lipinski definition) is 3. The Bertz CT molecular complexity index is 478. The monoisotopic (exact) mass is 332 g/mol. The highest BCUT2D eigenvalue weighted by atomic mass is 35.5. The topological polar surface area (TPSA) is 32.3 Å². The summed E-state index contributed by atoms with van der Waals surface area (Å²) in [6.45, 7) is 1.89. The van der Waals surface area contributed by atoms with Crippen LogP contribution in [-0.4, -0.2) is 42.7 Å². The first-order valence-electron chi connectivity index (χ1n) is 6.56. The molecule has 2 rings (SSSR count). The third-order valence-corrected chi connectivity index (χ3v) is 5.03. The van der Waals surface area contributed by atoms with Gasteiger partial charge in [0.05, 0.1) is 5.75 Å². The quantitative estimate of drug-likeness (QED) is 0.899. The summed E-state index contributed by atoms with van der Waals surface area (Å²) in [6, 6.07) is 5.80. The molecule has 0 aromatic heterocycles. The lowest BCUT2D eigenvalue weighted by Gasteiger charge is -2.23. The molecule has 1 amide bonds. The van der Waals surface area contributed by atoms with Crippen molar-refractivity contribution < 1.29 is 4.79 Å². The van der Waals surface area contributed by atoms with Crippen molar-refractivity contribution in [2.24, 2.45) is 0 Å². The van der Waals surface area contributed by atoms with Crippen LogP contribution in [0, 0.1) is 0 Å². The van der Waals surface area contributed by atoms with Gasteiger partial charge in [0.1, 0.15) is 0 Å². The SMILES string of the molecule is CN(C(=O)CSCc1ccc(Cl)cc1Cl)C1CCNC1. The molecule has 20 heavy (non-hydrogen) atoms. The zero-order chi connectivity index (χ0) is 14.5. The van der Waals surface area contributed by atoms with Gasteiger partial charge in [0.2, 0.25) is 5.91 Å². The van der Waals surface area contributed by atoms with E-state index in [0.29, 0.717) is 21.8 Å². The van der Waals surface area contributed by atoms with E-state index >= 15 is 0 Å². The first-order chi connectivity index (χ1) is 9.58. The lowest BCUT2D eigenvalue weighted by atomic mass is 10.2. The number of nitrogens with zero attached hydrogens (tertiary/aromatic N) is 1. The molecule has 0 aliphatic carbocycles. The average Bonchev–Trinajstić information content (AvgIpc) is 2.94. The average molecular weight is 333 g/mol. The van der Waals surface area contributed by atoms with E-state index in [4.69, 9.17) is 23.2 Å². The van der Waals surface area contributed by atoms with E-state index in [1.54, 1.807) is 17.8 Å². The summed E-state index contributed by atoms with van der Waals surface area (Å²) in [5.74, 6) is 1.37. The zero-order valence-electron chi connectivity index (χ0n) is 11.4. The molecular weight excluding hydrogens is 315 g/mol. The summed E-state index contributed by atoms with van der Waals surface area (Å²) in [5.41, 5.74) is 1.01. The summed E-state index contributed by atoms with van der Waals surface area (Å²) in [7, 11) is 1.88. The van der Waals surface area contributed by atoms with Gasteiger partial charge in [-0.2, -0.15) is 0 Å². The Morgan fingerprint density at radius 2 is 2.30 bits per heavy atom. The van der Waals surface area contributed by atoms with Gasteiger partial charge < -0.3 is 10.2 Å². The second-order valence-corrected chi connectivity index (χ2v) is 6.71. The largest absolute Gasteiger partial charge is 0.341 e. The Kier molecular flexibility index (Phi) is 6.02. The highest BCUT2D eigenvalue weighted by Gasteiger charge is 2.22. The number of benzene rings is 1. The second-order valence-electron chi connectivity index (χ2n) is 4.88. The third kappa shape index (κ3) is 4.29. The molecule has 0 saturated carbocycles. The van der Waals surface area contributed by atoms with E-state index < -0.39 is 0 Å². The molecule has 1 aliphatic heterocycles. The van der Waals surface area contributed by atoms with Crippen LogP contribution in [0.1, 0.15) is 12.0 Å². The van der Waals surface area contributed by atoms with Crippen molar-refractivity contribution in [2.45, 2.75) is 18.2 Å². The Labute approximate surface area is 134 Å². The van der Waals surface area contributed by atoms with Gasteiger partial charge in [-0.3, -0.25) is 4.79 Å². The molecular formula is C14H18Cl2N2OS. The molecule has 1 heterocycles. The Hall–Kier alpha value is -0.420. The fourth-order valence-electron chi connectivity index (χ4n) is 2.16. The first kappa shape index (κ1) is 16.0. The van der Waals surface area contributed by atoms with Gasteiger partial charge in [0, 0.05) is 35.4 Å². The maximum absolute atomic E-state index is 12.1. The molecule has 0 bridgehead atoms. The van der Waals surface area contributed by atoms with Gasteiger partial charge in [-0.1, -0.05) is 29.3 Å². The summed E-state index contributed by atoms with van der Waals surface area (Å²) >= 11 is 13.5. The van der Waals surface area contributed by atoms with Crippen molar-refractivity contribution in [3.05, 3.63) is 33.8 Å². The predicted octanol–water partition coefficient (Wildman–Crippen LogP) is 3.05. The molecule has 6 heteroatoms. The van der Waals surface area contributed by atoms with Crippen LogP contribution in [0.15, 0.2) is 18.2 Å². The summed E-state index contributed by atoms with van der Waals surface area (Å²) in [4.78, 5) is 13.9. The maximum Gasteiger partial charge on any atom is 0.232 e. The van der Waals surface area contributed by atoms with Gasteiger partial charge in [0.15, 0.2) is 0 Å². The molecule has 0 spiro atoms. The van der Waals surface area contributed by atoms with E-state index in [0.717, 1.165) is 30.8 Å². The molecule has 1 N–H and O–H groups in total. The van der Waals surface area contributed by atoms with Crippen LogP contribution in [0.5, 0.6) is 0 Å². The van der Waals surface area contributed by atoms with Crippen molar-refractivity contribution >= 4 is 40.9 Å². The van der Waals surface area contributed by atoms with Crippen LogP contribution in [0.3, 0.4) is 0 Å².